The summed E-state index contributed by atoms with van der Waals surface area (Å²) in [7, 11) is 0. The number of nitrogens with one attached hydrogen (secondary N) is 2. The second kappa shape index (κ2) is 7.14. The van der Waals surface area contributed by atoms with Gasteiger partial charge in [-0.25, -0.2) is 4.98 Å². The van der Waals surface area contributed by atoms with E-state index in [1.165, 1.54) is 0 Å². The highest BCUT2D eigenvalue weighted by atomic mass is 16.6. The number of oxime groups is 1. The van der Waals surface area contributed by atoms with Crippen molar-refractivity contribution in [2.75, 3.05) is 0 Å². The van der Waals surface area contributed by atoms with Crippen LogP contribution in [-0.4, -0.2) is 31.8 Å². The van der Waals surface area contributed by atoms with Crippen LogP contribution < -0.4 is 5.32 Å². The Balaban J connectivity index is 1.33. The summed E-state index contributed by atoms with van der Waals surface area (Å²) < 4.78 is 0. The van der Waals surface area contributed by atoms with Crippen LogP contribution in [0.3, 0.4) is 0 Å². The van der Waals surface area contributed by atoms with Gasteiger partial charge in [-0.2, -0.15) is 5.10 Å². The van der Waals surface area contributed by atoms with Crippen molar-refractivity contribution in [3.63, 3.8) is 0 Å². The number of carbonyl (C=O) groups is 1. The molecule has 8 nitrogen and oxygen atoms in total. The van der Waals surface area contributed by atoms with Crippen LogP contribution in [0.15, 0.2) is 60.0 Å². The minimum absolute atomic E-state index is 0.223. The molecule has 0 bridgehead atoms. The van der Waals surface area contributed by atoms with Crippen LogP contribution in [-0.2, 0) is 16.2 Å². The van der Waals surface area contributed by atoms with Gasteiger partial charge < -0.3 is 10.2 Å². The maximum Gasteiger partial charge on any atom is 0.269 e. The van der Waals surface area contributed by atoms with Crippen LogP contribution in [0.1, 0.15) is 23.9 Å². The predicted molar refractivity (Wildman–Crippen MR) is 93.8 cm³/mol. The van der Waals surface area contributed by atoms with Crippen molar-refractivity contribution in [1.82, 2.24) is 25.5 Å². The van der Waals surface area contributed by atoms with E-state index in [-0.39, 0.29) is 18.6 Å². The first-order valence-corrected chi connectivity index (χ1v) is 8.17. The lowest BCUT2D eigenvalue weighted by atomic mass is 10.0. The highest BCUT2D eigenvalue weighted by molar-refractivity contribution is 6.39. The number of aromatic nitrogens is 4. The third kappa shape index (κ3) is 3.44. The van der Waals surface area contributed by atoms with Crippen LogP contribution in [0.4, 0.5) is 0 Å². The molecule has 1 amide bonds. The maximum absolute atomic E-state index is 12.3. The molecule has 1 aliphatic heterocycles. The molecule has 0 spiro atoms. The Labute approximate surface area is 149 Å². The van der Waals surface area contributed by atoms with E-state index < -0.39 is 0 Å². The molecule has 0 radical (unpaired) electrons. The van der Waals surface area contributed by atoms with Crippen molar-refractivity contribution in [3.05, 3.63) is 66.2 Å². The van der Waals surface area contributed by atoms with Gasteiger partial charge in [0.1, 0.15) is 11.5 Å². The first-order chi connectivity index (χ1) is 12.8. The summed E-state index contributed by atoms with van der Waals surface area (Å²) in [6, 6.07) is 13.4. The Morgan fingerprint density at radius 3 is 2.92 bits per heavy atom. The molecule has 1 atom stereocenters. The number of H-pyrrole nitrogens is 1. The number of nitrogens with zero attached hydrogens (tertiary/aromatic N) is 4. The van der Waals surface area contributed by atoms with Gasteiger partial charge in [0.2, 0.25) is 0 Å². The first kappa shape index (κ1) is 15.9. The topological polar surface area (TPSA) is 105 Å². The number of benzene rings is 1. The molecule has 26 heavy (non-hydrogen) atoms. The SMILES string of the molecule is O=C(NCc1nc(-c2cccnc2)n[nH]1)C1=NO[C@@H](c2ccccc2)C1. The van der Waals surface area contributed by atoms with Crippen molar-refractivity contribution < 1.29 is 9.63 Å². The Morgan fingerprint density at radius 1 is 1.23 bits per heavy atom. The van der Waals surface area contributed by atoms with Crippen LogP contribution in [0.2, 0.25) is 0 Å². The standard InChI is InChI=1S/C18H16N6O2/c25-18(14-9-15(26-24-14)12-5-2-1-3-6-12)20-11-16-21-17(23-22-16)13-7-4-8-19-10-13/h1-8,10,15H,9,11H2,(H,20,25)(H,21,22,23)/t15-/m1/s1. The van der Waals surface area contributed by atoms with E-state index in [0.717, 1.165) is 11.1 Å². The van der Waals surface area contributed by atoms with Gasteiger partial charge in [0.25, 0.3) is 5.91 Å². The van der Waals surface area contributed by atoms with Gasteiger partial charge in [-0.3, -0.25) is 14.9 Å². The summed E-state index contributed by atoms with van der Waals surface area (Å²) >= 11 is 0. The van der Waals surface area contributed by atoms with Gasteiger partial charge in [-0.05, 0) is 17.7 Å². The van der Waals surface area contributed by atoms with Gasteiger partial charge in [-0.15, -0.1) is 0 Å². The van der Waals surface area contributed by atoms with Crippen molar-refractivity contribution in [3.8, 4) is 11.4 Å². The number of hydrogen-bond acceptors (Lipinski definition) is 6. The lowest BCUT2D eigenvalue weighted by molar-refractivity contribution is -0.115. The van der Waals surface area contributed by atoms with Gasteiger partial charge in [0.15, 0.2) is 11.9 Å². The van der Waals surface area contributed by atoms with Crippen molar-refractivity contribution >= 4 is 11.6 Å². The number of carbonyl (C=O) groups excluding carboxylic acids is 1. The fraction of sp³-hybridized carbons (Fsp3) is 0.167. The molecule has 1 aromatic carbocycles. The van der Waals surface area contributed by atoms with Gasteiger partial charge in [-0.1, -0.05) is 35.5 Å². The van der Waals surface area contributed by atoms with Gasteiger partial charge in [0, 0.05) is 24.4 Å². The quantitative estimate of drug-likeness (QED) is 0.734. The first-order valence-electron chi connectivity index (χ1n) is 8.17. The number of amides is 1. The summed E-state index contributed by atoms with van der Waals surface area (Å²) in [4.78, 5) is 26.0. The summed E-state index contributed by atoms with van der Waals surface area (Å²) in [6.45, 7) is 0.223. The Hall–Kier alpha value is -3.55. The van der Waals surface area contributed by atoms with E-state index in [1.54, 1.807) is 12.4 Å². The molecule has 4 rings (SSSR count). The molecule has 3 aromatic rings. The van der Waals surface area contributed by atoms with Crippen molar-refractivity contribution in [2.45, 2.75) is 19.1 Å². The normalized spacial score (nSPS) is 16.0. The number of hydrogen-bond donors (Lipinski definition) is 2. The van der Waals surface area contributed by atoms with E-state index in [1.807, 2.05) is 42.5 Å². The van der Waals surface area contributed by atoms with E-state index in [2.05, 4.69) is 30.6 Å². The van der Waals surface area contributed by atoms with Crippen LogP contribution in [0, 0.1) is 0 Å². The second-order valence-corrected chi connectivity index (χ2v) is 5.78. The minimum atomic E-state index is -0.275. The molecule has 8 heteroatoms. The third-order valence-electron chi connectivity index (χ3n) is 3.97. The lowest BCUT2D eigenvalue weighted by Gasteiger charge is -2.07. The lowest BCUT2D eigenvalue weighted by Crippen LogP contribution is -2.30. The summed E-state index contributed by atoms with van der Waals surface area (Å²) in [5.41, 5.74) is 2.17. The van der Waals surface area contributed by atoms with Crippen molar-refractivity contribution in [2.24, 2.45) is 5.16 Å². The second-order valence-electron chi connectivity index (χ2n) is 5.78. The zero-order valence-electron chi connectivity index (χ0n) is 13.8. The zero-order valence-corrected chi connectivity index (χ0v) is 13.8. The zero-order chi connectivity index (χ0) is 17.8. The molecular formula is C18H16N6O2. The van der Waals surface area contributed by atoms with E-state index in [4.69, 9.17) is 4.84 Å². The molecule has 130 valence electrons. The molecule has 3 heterocycles. The summed E-state index contributed by atoms with van der Waals surface area (Å²) in [6.07, 6.45) is 3.58. The van der Waals surface area contributed by atoms with Crippen LogP contribution in [0.25, 0.3) is 11.4 Å². The molecular weight excluding hydrogens is 332 g/mol. The Morgan fingerprint density at radius 2 is 2.12 bits per heavy atom. The third-order valence-corrected chi connectivity index (χ3v) is 3.97. The molecule has 0 unspecified atom stereocenters. The molecule has 1 aliphatic rings. The minimum Gasteiger partial charge on any atom is -0.387 e. The number of aromatic amines is 1. The summed E-state index contributed by atoms with van der Waals surface area (Å²) in [5.74, 6) is 0.812. The van der Waals surface area contributed by atoms with E-state index >= 15 is 0 Å². The fourth-order valence-electron chi connectivity index (χ4n) is 2.62. The molecule has 2 aromatic heterocycles. The largest absolute Gasteiger partial charge is 0.387 e. The molecule has 0 saturated heterocycles. The number of rotatable bonds is 5. The van der Waals surface area contributed by atoms with Gasteiger partial charge in [0.05, 0.1) is 6.54 Å². The van der Waals surface area contributed by atoms with E-state index in [9.17, 15) is 4.79 Å². The molecule has 0 fully saturated rings. The maximum atomic E-state index is 12.3. The fourth-order valence-corrected chi connectivity index (χ4v) is 2.62. The smallest absolute Gasteiger partial charge is 0.269 e. The summed E-state index contributed by atoms with van der Waals surface area (Å²) in [5, 5.41) is 13.6. The average Bonchev–Trinajstić information content (AvgIpc) is 3.37. The highest BCUT2D eigenvalue weighted by Crippen LogP contribution is 2.26. The van der Waals surface area contributed by atoms with Gasteiger partial charge >= 0.3 is 0 Å². The van der Waals surface area contributed by atoms with Crippen molar-refractivity contribution in [1.29, 1.82) is 0 Å². The highest BCUT2D eigenvalue weighted by Gasteiger charge is 2.27. The monoisotopic (exact) mass is 348 g/mol. The Kier molecular flexibility index (Phi) is 4.38. The molecule has 0 saturated carbocycles. The number of pyridine rings is 1. The Bertz CT molecular complexity index is 923. The van der Waals surface area contributed by atoms with Crippen LogP contribution >= 0.6 is 0 Å². The van der Waals surface area contributed by atoms with Crippen LogP contribution in [0.5, 0.6) is 0 Å². The molecule has 2 N–H and O–H groups in total. The van der Waals surface area contributed by atoms with E-state index in [0.29, 0.717) is 23.8 Å². The molecule has 0 aliphatic carbocycles. The average molecular weight is 348 g/mol. The predicted octanol–water partition coefficient (Wildman–Crippen LogP) is 2.00.